The van der Waals surface area contributed by atoms with Crippen LogP contribution in [0.4, 0.5) is 0 Å². The first-order chi connectivity index (χ1) is 16.4. The topological polar surface area (TPSA) is 88.2 Å². The predicted molar refractivity (Wildman–Crippen MR) is 129 cm³/mol. The van der Waals surface area contributed by atoms with Gasteiger partial charge >= 0.3 is 11.9 Å². The lowest BCUT2D eigenvalue weighted by atomic mass is 10.1. The highest BCUT2D eigenvalue weighted by molar-refractivity contribution is 5.98. The van der Waals surface area contributed by atoms with Crippen LogP contribution in [0.2, 0.25) is 0 Å². The van der Waals surface area contributed by atoms with Crippen molar-refractivity contribution in [2.45, 2.75) is 40.5 Å². The van der Waals surface area contributed by atoms with Gasteiger partial charge in [-0.15, -0.1) is 0 Å². The van der Waals surface area contributed by atoms with Crippen molar-refractivity contribution in [2.75, 3.05) is 14.2 Å². The number of aromatic nitrogens is 4. The van der Waals surface area contributed by atoms with Crippen molar-refractivity contribution in [3.63, 3.8) is 0 Å². The third-order valence-electron chi connectivity index (χ3n) is 6.16. The maximum Gasteiger partial charge on any atom is 0.341 e. The number of ether oxygens (including phenoxy) is 2. The van der Waals surface area contributed by atoms with Crippen molar-refractivity contribution in [3.8, 4) is 11.4 Å². The number of methoxy groups -OCH3 is 2. The summed E-state index contributed by atoms with van der Waals surface area (Å²) in [7, 11) is 2.75. The van der Waals surface area contributed by atoms with E-state index in [4.69, 9.17) is 19.7 Å². The lowest BCUT2D eigenvalue weighted by Gasteiger charge is -2.13. The number of carbonyl (C=O) groups is 2. The van der Waals surface area contributed by atoms with Crippen LogP contribution in [0.1, 0.15) is 57.3 Å². The zero-order valence-corrected chi connectivity index (χ0v) is 20.3. The zero-order chi connectivity index (χ0) is 24.6. The maximum atomic E-state index is 12.4. The molecule has 0 atom stereocenters. The van der Waals surface area contributed by atoms with Crippen molar-refractivity contribution in [1.29, 1.82) is 0 Å². The number of benzene rings is 2. The van der Waals surface area contributed by atoms with Crippen molar-refractivity contribution >= 4 is 22.7 Å². The lowest BCUT2D eigenvalue weighted by Crippen LogP contribution is -2.07. The number of carbonyl (C=O) groups excluding carboxylic acids is 2. The molecule has 8 nitrogen and oxygen atoms in total. The minimum absolute atomic E-state index is 0.392. The molecule has 0 aliphatic rings. The molecule has 2 heterocycles. The molecule has 8 heteroatoms. The van der Waals surface area contributed by atoms with E-state index in [0.717, 1.165) is 33.5 Å². The minimum atomic E-state index is -0.392. The van der Waals surface area contributed by atoms with Crippen LogP contribution in [-0.4, -0.2) is 45.7 Å². The number of aryl methyl sites for hydroxylation is 2. The lowest BCUT2D eigenvalue weighted by molar-refractivity contribution is 0.0589. The number of nitrogens with zero attached hydrogens (tertiary/aromatic N) is 4. The highest BCUT2D eigenvalue weighted by Gasteiger charge is 2.24. The Labute approximate surface area is 198 Å². The Morgan fingerprint density at radius 1 is 0.735 bits per heavy atom. The highest BCUT2D eigenvalue weighted by Crippen LogP contribution is 2.31. The van der Waals surface area contributed by atoms with E-state index in [0.29, 0.717) is 35.4 Å². The van der Waals surface area contributed by atoms with E-state index < -0.39 is 11.9 Å². The zero-order valence-electron chi connectivity index (χ0n) is 20.3. The first kappa shape index (κ1) is 23.2. The van der Waals surface area contributed by atoms with Crippen LogP contribution in [0.3, 0.4) is 0 Å². The Morgan fingerprint density at radius 2 is 1.12 bits per heavy atom. The van der Waals surface area contributed by atoms with Crippen molar-refractivity contribution in [3.05, 3.63) is 70.3 Å². The molecular weight excluding hydrogens is 432 g/mol. The molecule has 0 aliphatic carbocycles. The van der Waals surface area contributed by atoms with E-state index in [1.807, 2.05) is 64.1 Å². The van der Waals surface area contributed by atoms with Gasteiger partial charge in [-0.05, 0) is 38.8 Å². The summed E-state index contributed by atoms with van der Waals surface area (Å²) in [6, 6.07) is 11.9. The van der Waals surface area contributed by atoms with E-state index in [1.54, 1.807) is 9.36 Å². The van der Waals surface area contributed by atoms with Gasteiger partial charge in [-0.25, -0.2) is 19.0 Å². The van der Waals surface area contributed by atoms with E-state index >= 15 is 0 Å². The Hall–Kier alpha value is -3.94. The van der Waals surface area contributed by atoms with Crippen LogP contribution in [-0.2, 0) is 22.3 Å². The molecule has 2 aromatic heterocycles. The fourth-order valence-corrected chi connectivity index (χ4v) is 4.47. The molecule has 2 aromatic carbocycles. The standard InChI is InChI=1S/C26H28N4O4/c1-7-19-23(25(31)33-5)15(3)29(27-19)21-13-9-12-18-17(21)11-10-14-22(18)30-16(4)24(26(32)34-6)20(8-2)28-30/h9-14H,7-8H2,1-6H3. The molecule has 0 N–H and O–H groups in total. The largest absolute Gasteiger partial charge is 0.465 e. The first-order valence-electron chi connectivity index (χ1n) is 11.2. The molecule has 0 bridgehead atoms. The fourth-order valence-electron chi connectivity index (χ4n) is 4.47. The smallest absolute Gasteiger partial charge is 0.341 e. The Kier molecular flexibility index (Phi) is 6.24. The number of hydrogen-bond acceptors (Lipinski definition) is 6. The van der Waals surface area contributed by atoms with Gasteiger partial charge in [0.15, 0.2) is 0 Å². The summed E-state index contributed by atoms with van der Waals surface area (Å²) in [6.45, 7) is 7.67. The molecule has 176 valence electrons. The SMILES string of the molecule is CCc1nn(-c2cccc3c(-n4nc(CC)c(C(=O)OC)c4C)cccc23)c(C)c1C(=O)OC. The number of fused-ring (bicyclic) bond motifs is 1. The van der Waals surface area contributed by atoms with Crippen LogP contribution < -0.4 is 0 Å². The molecule has 0 saturated carbocycles. The van der Waals surface area contributed by atoms with Gasteiger partial charge < -0.3 is 9.47 Å². The molecule has 0 spiro atoms. The van der Waals surface area contributed by atoms with Gasteiger partial charge in [0.05, 0.1) is 48.4 Å². The van der Waals surface area contributed by atoms with E-state index in [1.165, 1.54) is 14.2 Å². The monoisotopic (exact) mass is 460 g/mol. The number of hydrogen-bond donors (Lipinski definition) is 0. The normalized spacial score (nSPS) is 11.1. The summed E-state index contributed by atoms with van der Waals surface area (Å²) >= 11 is 0. The molecule has 0 radical (unpaired) electrons. The highest BCUT2D eigenvalue weighted by atomic mass is 16.5. The Bertz CT molecular complexity index is 1310. The molecule has 0 fully saturated rings. The van der Waals surface area contributed by atoms with E-state index in [2.05, 4.69) is 0 Å². The second-order valence-electron chi connectivity index (χ2n) is 7.98. The summed E-state index contributed by atoms with van der Waals surface area (Å²) in [6.07, 6.45) is 1.22. The average molecular weight is 461 g/mol. The number of rotatable bonds is 6. The van der Waals surface area contributed by atoms with Gasteiger partial charge in [-0.1, -0.05) is 38.1 Å². The van der Waals surface area contributed by atoms with Crippen LogP contribution in [0.25, 0.3) is 22.1 Å². The maximum absolute atomic E-state index is 12.4. The molecular formula is C26H28N4O4. The van der Waals surface area contributed by atoms with Crippen molar-refractivity contribution < 1.29 is 19.1 Å². The summed E-state index contributed by atoms with van der Waals surface area (Å²) in [4.78, 5) is 24.8. The van der Waals surface area contributed by atoms with Crippen LogP contribution in [0.15, 0.2) is 36.4 Å². The van der Waals surface area contributed by atoms with E-state index in [-0.39, 0.29) is 0 Å². The van der Waals surface area contributed by atoms with Crippen LogP contribution in [0, 0.1) is 13.8 Å². The van der Waals surface area contributed by atoms with Crippen LogP contribution in [0.5, 0.6) is 0 Å². The summed E-state index contributed by atoms with van der Waals surface area (Å²) in [5.74, 6) is -0.785. The van der Waals surface area contributed by atoms with Gasteiger partial charge in [0.2, 0.25) is 0 Å². The Morgan fingerprint density at radius 3 is 1.44 bits per heavy atom. The predicted octanol–water partition coefficient (Wildman–Crippen LogP) is 4.53. The molecule has 4 rings (SSSR count). The van der Waals surface area contributed by atoms with E-state index in [9.17, 15) is 9.59 Å². The number of esters is 2. The molecule has 0 aliphatic heterocycles. The summed E-state index contributed by atoms with van der Waals surface area (Å²) in [5, 5.41) is 11.4. The molecule has 4 aromatic rings. The van der Waals surface area contributed by atoms with Crippen molar-refractivity contribution in [1.82, 2.24) is 19.6 Å². The second-order valence-corrected chi connectivity index (χ2v) is 7.98. The third-order valence-corrected chi connectivity index (χ3v) is 6.16. The summed E-state index contributed by atoms with van der Waals surface area (Å²) in [5.41, 5.74) is 5.50. The molecule has 34 heavy (non-hydrogen) atoms. The van der Waals surface area contributed by atoms with Crippen molar-refractivity contribution in [2.24, 2.45) is 0 Å². The quantitative estimate of drug-likeness (QED) is 0.393. The van der Waals surface area contributed by atoms with Gasteiger partial charge in [0, 0.05) is 10.8 Å². The van der Waals surface area contributed by atoms with Gasteiger partial charge in [-0.2, -0.15) is 10.2 Å². The fraction of sp³-hybridized carbons (Fsp3) is 0.308. The average Bonchev–Trinajstić information content (AvgIpc) is 3.38. The van der Waals surface area contributed by atoms with Gasteiger partial charge in [-0.3, -0.25) is 0 Å². The third kappa shape index (κ3) is 3.55. The van der Waals surface area contributed by atoms with Gasteiger partial charge in [0.1, 0.15) is 11.1 Å². The molecule has 0 unspecified atom stereocenters. The first-order valence-corrected chi connectivity index (χ1v) is 11.2. The Balaban J connectivity index is 1.97. The van der Waals surface area contributed by atoms with Crippen LogP contribution >= 0.6 is 0 Å². The second kappa shape index (κ2) is 9.13. The minimum Gasteiger partial charge on any atom is -0.465 e. The van der Waals surface area contributed by atoms with Gasteiger partial charge in [0.25, 0.3) is 0 Å². The molecule has 0 amide bonds. The molecule has 0 saturated heterocycles. The summed E-state index contributed by atoms with van der Waals surface area (Å²) < 4.78 is 13.6.